The molecule has 8 nitrogen and oxygen atoms in total. The van der Waals surface area contributed by atoms with Crippen LogP contribution in [0.3, 0.4) is 0 Å². The number of alkyl halides is 2. The fraction of sp³-hybridized carbons (Fsp3) is 0.500. The second kappa shape index (κ2) is 9.86. The van der Waals surface area contributed by atoms with Gasteiger partial charge in [-0.2, -0.15) is 4.80 Å². The largest absolute Gasteiger partial charge is 0.225 e. The van der Waals surface area contributed by atoms with Crippen LogP contribution in [0.4, 0.5) is 0 Å². The van der Waals surface area contributed by atoms with Crippen LogP contribution < -0.4 is 0 Å². The maximum Gasteiger partial charge on any atom is 0.204 e. The second-order valence-electron chi connectivity index (χ2n) is 5.81. The first-order valence-corrected chi connectivity index (χ1v) is 10.8. The van der Waals surface area contributed by atoms with Gasteiger partial charge in [0.05, 0.1) is 6.54 Å². The van der Waals surface area contributed by atoms with Crippen molar-refractivity contribution in [2.24, 2.45) is 0 Å². The molecule has 0 radical (unpaired) electrons. The number of tetrazole rings is 2. The fourth-order valence-corrected chi connectivity index (χ4v) is 3.31. The van der Waals surface area contributed by atoms with Crippen LogP contribution in [-0.2, 0) is 13.1 Å². The van der Waals surface area contributed by atoms with Crippen molar-refractivity contribution in [3.8, 4) is 22.8 Å². The highest BCUT2D eigenvalue weighted by atomic mass is 79.9. The van der Waals surface area contributed by atoms with Gasteiger partial charge in [0, 0.05) is 28.3 Å². The van der Waals surface area contributed by atoms with E-state index >= 15 is 0 Å². The average Bonchev–Trinajstić information content (AvgIpc) is 3.32. The van der Waals surface area contributed by atoms with Crippen molar-refractivity contribution in [2.45, 2.75) is 38.8 Å². The van der Waals surface area contributed by atoms with Crippen LogP contribution >= 0.6 is 31.9 Å². The molecule has 26 heavy (non-hydrogen) atoms. The molecule has 0 amide bonds. The average molecular weight is 484 g/mol. The summed E-state index contributed by atoms with van der Waals surface area (Å²) >= 11 is 6.88. The van der Waals surface area contributed by atoms with Crippen LogP contribution in [0.15, 0.2) is 24.3 Å². The first-order chi connectivity index (χ1) is 12.8. The molecule has 0 bridgehead atoms. The maximum absolute atomic E-state index is 4.47. The molecule has 0 aliphatic rings. The van der Waals surface area contributed by atoms with Crippen LogP contribution in [0, 0.1) is 0 Å². The van der Waals surface area contributed by atoms with Crippen molar-refractivity contribution >= 4 is 31.9 Å². The number of aromatic nitrogens is 8. The van der Waals surface area contributed by atoms with E-state index in [4.69, 9.17) is 0 Å². The summed E-state index contributed by atoms with van der Waals surface area (Å²) in [7, 11) is 0. The van der Waals surface area contributed by atoms with E-state index in [1.54, 1.807) is 4.80 Å². The third-order valence-electron chi connectivity index (χ3n) is 3.86. The molecule has 10 heteroatoms. The monoisotopic (exact) mass is 482 g/mol. The highest BCUT2D eigenvalue weighted by molar-refractivity contribution is 9.09. The topological polar surface area (TPSA) is 87.2 Å². The molecule has 0 aliphatic carbocycles. The zero-order valence-corrected chi connectivity index (χ0v) is 17.5. The van der Waals surface area contributed by atoms with Gasteiger partial charge >= 0.3 is 0 Å². The van der Waals surface area contributed by atoms with E-state index in [1.807, 2.05) is 28.9 Å². The minimum atomic E-state index is 0.615. The van der Waals surface area contributed by atoms with Gasteiger partial charge in [0.2, 0.25) is 5.82 Å². The summed E-state index contributed by atoms with van der Waals surface area (Å²) in [6.45, 7) is 1.56. The molecule has 1 aromatic carbocycles. The van der Waals surface area contributed by atoms with Gasteiger partial charge < -0.3 is 0 Å². The lowest BCUT2D eigenvalue weighted by atomic mass is 10.1. The van der Waals surface area contributed by atoms with Gasteiger partial charge in [0.1, 0.15) is 0 Å². The number of nitrogens with zero attached hydrogens (tertiary/aromatic N) is 8. The molecule has 0 fully saturated rings. The Balaban J connectivity index is 1.76. The summed E-state index contributed by atoms with van der Waals surface area (Å²) in [6, 6.07) is 7.94. The zero-order valence-electron chi connectivity index (χ0n) is 14.3. The Bertz CT molecular complexity index is 816. The molecule has 138 valence electrons. The Morgan fingerprint density at radius 2 is 1.62 bits per heavy atom. The first-order valence-electron chi connectivity index (χ1n) is 8.58. The van der Waals surface area contributed by atoms with Crippen molar-refractivity contribution in [1.82, 2.24) is 40.4 Å². The van der Waals surface area contributed by atoms with Crippen LogP contribution in [0.2, 0.25) is 0 Å². The molecule has 0 saturated heterocycles. The predicted octanol–water partition coefficient (Wildman–Crippen LogP) is 3.34. The minimum Gasteiger partial charge on any atom is -0.225 e. The Hall–Kier alpha value is -1.68. The van der Waals surface area contributed by atoms with Gasteiger partial charge in [0.25, 0.3) is 0 Å². The maximum atomic E-state index is 4.47. The molecule has 0 aliphatic heterocycles. The molecular weight excluding hydrogens is 464 g/mol. The fourth-order valence-electron chi connectivity index (χ4n) is 2.52. The smallest absolute Gasteiger partial charge is 0.204 e. The molecule has 0 spiro atoms. The Kier molecular flexibility index (Phi) is 7.24. The van der Waals surface area contributed by atoms with E-state index in [1.165, 1.54) is 0 Å². The number of benzene rings is 1. The lowest BCUT2D eigenvalue weighted by Crippen LogP contribution is -2.03. The number of hydrogen-bond acceptors (Lipinski definition) is 6. The molecular formula is C16H20Br2N8. The van der Waals surface area contributed by atoms with Gasteiger partial charge in [0.15, 0.2) is 5.82 Å². The summed E-state index contributed by atoms with van der Waals surface area (Å²) in [6.07, 6.45) is 4.21. The van der Waals surface area contributed by atoms with Crippen LogP contribution in [0.5, 0.6) is 0 Å². The minimum absolute atomic E-state index is 0.615. The normalized spacial score (nSPS) is 11.2. The highest BCUT2D eigenvalue weighted by Gasteiger charge is 2.12. The van der Waals surface area contributed by atoms with Crippen molar-refractivity contribution < 1.29 is 0 Å². The number of rotatable bonds is 10. The molecule has 0 unspecified atom stereocenters. The van der Waals surface area contributed by atoms with E-state index in [-0.39, 0.29) is 0 Å². The van der Waals surface area contributed by atoms with Crippen LogP contribution in [-0.4, -0.2) is 51.1 Å². The van der Waals surface area contributed by atoms with Gasteiger partial charge in [-0.25, -0.2) is 4.68 Å². The highest BCUT2D eigenvalue weighted by Crippen LogP contribution is 2.22. The van der Waals surface area contributed by atoms with Crippen LogP contribution in [0.25, 0.3) is 22.8 Å². The van der Waals surface area contributed by atoms with Crippen molar-refractivity contribution in [2.75, 3.05) is 10.7 Å². The molecule has 0 atom stereocenters. The number of unbranched alkanes of at least 4 members (excludes halogenated alkanes) is 2. The second-order valence-corrected chi connectivity index (χ2v) is 7.39. The molecule has 3 rings (SSSR count). The van der Waals surface area contributed by atoms with Gasteiger partial charge in [-0.05, 0) is 47.4 Å². The van der Waals surface area contributed by atoms with E-state index in [0.29, 0.717) is 5.82 Å². The lowest BCUT2D eigenvalue weighted by Gasteiger charge is -2.05. The molecule has 0 N–H and O–H groups in total. The Labute approximate surface area is 168 Å². The zero-order chi connectivity index (χ0) is 18.2. The molecule has 2 heterocycles. The number of halogens is 2. The van der Waals surface area contributed by atoms with Gasteiger partial charge in [-0.1, -0.05) is 50.1 Å². The van der Waals surface area contributed by atoms with Gasteiger partial charge in [-0.15, -0.1) is 15.3 Å². The molecule has 3 aromatic rings. The van der Waals surface area contributed by atoms with E-state index in [9.17, 15) is 0 Å². The number of hydrogen-bond donors (Lipinski definition) is 0. The Morgan fingerprint density at radius 3 is 2.42 bits per heavy atom. The molecule has 2 aromatic heterocycles. The third kappa shape index (κ3) is 4.94. The SMILES string of the molecule is BrCCCCn1nnc(-c2cccc(-c3nnnn3CCCCBr)c2)n1. The molecule has 0 saturated carbocycles. The summed E-state index contributed by atoms with van der Waals surface area (Å²) < 4.78 is 1.84. The van der Waals surface area contributed by atoms with E-state index < -0.39 is 0 Å². The standard InChI is InChI=1S/C16H20Br2N8/c17-8-1-3-10-25-16(20-22-24-25)14-7-5-6-13(12-14)15-19-23-26(21-15)11-4-2-9-18/h5-7,12H,1-4,8-11H2. The van der Waals surface area contributed by atoms with Crippen LogP contribution in [0.1, 0.15) is 25.7 Å². The van der Waals surface area contributed by atoms with Crippen molar-refractivity contribution in [3.63, 3.8) is 0 Å². The summed E-state index contributed by atoms with van der Waals surface area (Å²) in [5.41, 5.74) is 1.85. The predicted molar refractivity (Wildman–Crippen MR) is 106 cm³/mol. The number of aryl methyl sites for hydroxylation is 2. The summed E-state index contributed by atoms with van der Waals surface area (Å²) in [5.74, 6) is 1.37. The first kappa shape index (κ1) is 19.1. The Morgan fingerprint density at radius 1 is 0.846 bits per heavy atom. The van der Waals surface area contributed by atoms with E-state index in [0.717, 1.165) is 66.4 Å². The van der Waals surface area contributed by atoms with Crippen molar-refractivity contribution in [1.29, 1.82) is 0 Å². The lowest BCUT2D eigenvalue weighted by molar-refractivity contribution is 0.498. The third-order valence-corrected chi connectivity index (χ3v) is 4.98. The van der Waals surface area contributed by atoms with Gasteiger partial charge in [-0.3, -0.25) is 0 Å². The summed E-state index contributed by atoms with van der Waals surface area (Å²) in [5, 5.41) is 26.9. The quantitative estimate of drug-likeness (QED) is 0.324. The van der Waals surface area contributed by atoms with Crippen molar-refractivity contribution in [3.05, 3.63) is 24.3 Å². The summed E-state index contributed by atoms with van der Waals surface area (Å²) in [4.78, 5) is 1.65. The van der Waals surface area contributed by atoms with E-state index in [2.05, 4.69) is 62.8 Å².